The van der Waals surface area contributed by atoms with Gasteiger partial charge in [0.15, 0.2) is 6.19 Å². The van der Waals surface area contributed by atoms with Gasteiger partial charge in [-0.3, -0.25) is 15.2 Å². The van der Waals surface area contributed by atoms with Crippen molar-refractivity contribution in [2.45, 2.75) is 0 Å². The van der Waals surface area contributed by atoms with Crippen LogP contribution in [0.4, 0.5) is 0 Å². The normalized spacial score (nSPS) is 18.9. The van der Waals surface area contributed by atoms with Crippen LogP contribution in [0.1, 0.15) is 0 Å². The summed E-state index contributed by atoms with van der Waals surface area (Å²) in [6.45, 7) is 4.94. The first-order valence-electron chi connectivity index (χ1n) is 4.58. The number of rotatable bonds is 3. The molecule has 14 heavy (non-hydrogen) atoms. The summed E-state index contributed by atoms with van der Waals surface area (Å²) in [5.41, 5.74) is 5.37. The van der Waals surface area contributed by atoms with Gasteiger partial charge >= 0.3 is 0 Å². The van der Waals surface area contributed by atoms with Crippen LogP contribution in [0.5, 0.6) is 0 Å². The van der Waals surface area contributed by atoms with E-state index in [9.17, 15) is 0 Å². The zero-order valence-corrected chi connectivity index (χ0v) is 8.07. The average Bonchev–Trinajstić information content (AvgIpc) is 2.20. The minimum absolute atomic E-state index is 0.181. The summed E-state index contributed by atoms with van der Waals surface area (Å²) < 4.78 is 5.21. The molecule has 1 saturated heterocycles. The van der Waals surface area contributed by atoms with E-state index in [1.807, 2.05) is 0 Å². The topological polar surface area (TPSA) is 86.7 Å². The van der Waals surface area contributed by atoms with E-state index >= 15 is 0 Å². The molecule has 0 aliphatic carbocycles. The van der Waals surface area contributed by atoms with E-state index in [1.54, 1.807) is 6.19 Å². The first-order chi connectivity index (χ1) is 6.83. The Hall–Kier alpha value is -1.32. The Bertz CT molecular complexity index is 228. The van der Waals surface area contributed by atoms with E-state index in [1.165, 1.54) is 0 Å². The Labute approximate surface area is 83.3 Å². The van der Waals surface area contributed by atoms with Gasteiger partial charge in [-0.25, -0.2) is 0 Å². The third-order valence-electron chi connectivity index (χ3n) is 1.99. The summed E-state index contributed by atoms with van der Waals surface area (Å²) >= 11 is 0. The quantitative estimate of drug-likeness (QED) is 0.254. The number of nitrogens with zero attached hydrogens (tertiary/aromatic N) is 3. The Morgan fingerprint density at radius 3 is 2.93 bits per heavy atom. The van der Waals surface area contributed by atoms with Gasteiger partial charge in [0, 0.05) is 19.6 Å². The highest BCUT2D eigenvalue weighted by Gasteiger charge is 2.08. The molecule has 1 heterocycles. The predicted octanol–water partition coefficient (Wildman–Crippen LogP) is -1.30. The SMILES string of the molecule is N#CNC(N)=NCCN1CCOCC1. The number of morpholine rings is 1. The maximum atomic E-state index is 8.24. The highest BCUT2D eigenvalue weighted by atomic mass is 16.5. The van der Waals surface area contributed by atoms with Crippen molar-refractivity contribution in [2.24, 2.45) is 10.7 Å². The smallest absolute Gasteiger partial charge is 0.202 e. The van der Waals surface area contributed by atoms with Crippen molar-refractivity contribution >= 4 is 5.96 Å². The lowest BCUT2D eigenvalue weighted by Crippen LogP contribution is -2.38. The van der Waals surface area contributed by atoms with E-state index in [-0.39, 0.29) is 5.96 Å². The zero-order chi connectivity index (χ0) is 10.2. The lowest BCUT2D eigenvalue weighted by molar-refractivity contribution is 0.0394. The molecule has 0 bridgehead atoms. The molecule has 1 aliphatic heterocycles. The minimum atomic E-state index is 0.181. The van der Waals surface area contributed by atoms with Crippen LogP contribution in [0.25, 0.3) is 0 Å². The molecule has 0 aromatic heterocycles. The molecule has 3 N–H and O–H groups in total. The molecule has 0 radical (unpaired) electrons. The molecule has 0 spiro atoms. The van der Waals surface area contributed by atoms with Crippen molar-refractivity contribution in [3.63, 3.8) is 0 Å². The second kappa shape index (κ2) is 6.18. The molecule has 1 aliphatic rings. The zero-order valence-electron chi connectivity index (χ0n) is 8.07. The summed E-state index contributed by atoms with van der Waals surface area (Å²) in [6, 6.07) is 0. The summed E-state index contributed by atoms with van der Waals surface area (Å²) in [5.74, 6) is 0.181. The molecule has 1 rings (SSSR count). The van der Waals surface area contributed by atoms with Crippen molar-refractivity contribution in [1.29, 1.82) is 5.26 Å². The van der Waals surface area contributed by atoms with Gasteiger partial charge in [-0.2, -0.15) is 5.26 Å². The number of hydrogen-bond donors (Lipinski definition) is 2. The van der Waals surface area contributed by atoms with Gasteiger partial charge in [-0.05, 0) is 0 Å². The lowest BCUT2D eigenvalue weighted by atomic mass is 10.4. The van der Waals surface area contributed by atoms with Gasteiger partial charge in [0.2, 0.25) is 5.96 Å². The molecule has 0 aromatic rings. The van der Waals surface area contributed by atoms with Crippen LogP contribution in [0.2, 0.25) is 0 Å². The summed E-state index contributed by atoms with van der Waals surface area (Å²) in [5, 5.41) is 10.5. The van der Waals surface area contributed by atoms with Crippen LogP contribution in [-0.2, 0) is 4.74 Å². The summed E-state index contributed by atoms with van der Waals surface area (Å²) in [7, 11) is 0. The fourth-order valence-corrected chi connectivity index (χ4v) is 1.23. The maximum Gasteiger partial charge on any atom is 0.202 e. The van der Waals surface area contributed by atoms with E-state index in [0.717, 1.165) is 32.8 Å². The van der Waals surface area contributed by atoms with Crippen LogP contribution >= 0.6 is 0 Å². The third-order valence-corrected chi connectivity index (χ3v) is 1.99. The number of guanidine groups is 1. The number of nitrogens with one attached hydrogen (secondary N) is 1. The first-order valence-corrected chi connectivity index (χ1v) is 4.58. The fraction of sp³-hybridized carbons (Fsp3) is 0.750. The lowest BCUT2D eigenvalue weighted by Gasteiger charge is -2.25. The van der Waals surface area contributed by atoms with Crippen LogP contribution in [-0.4, -0.2) is 50.3 Å². The number of ether oxygens (including phenoxy) is 1. The Balaban J connectivity index is 2.13. The van der Waals surface area contributed by atoms with Crippen molar-refractivity contribution in [3.05, 3.63) is 0 Å². The number of hydrogen-bond acceptors (Lipinski definition) is 4. The number of nitrogens with two attached hydrogens (primary N) is 1. The predicted molar refractivity (Wildman–Crippen MR) is 52.5 cm³/mol. The second-order valence-corrected chi connectivity index (χ2v) is 2.96. The minimum Gasteiger partial charge on any atom is -0.379 e. The monoisotopic (exact) mass is 197 g/mol. The van der Waals surface area contributed by atoms with Crippen molar-refractivity contribution in [3.8, 4) is 6.19 Å². The molecule has 6 nitrogen and oxygen atoms in total. The van der Waals surface area contributed by atoms with Crippen LogP contribution < -0.4 is 11.1 Å². The van der Waals surface area contributed by atoms with E-state index in [4.69, 9.17) is 15.7 Å². The van der Waals surface area contributed by atoms with Gasteiger partial charge in [0.1, 0.15) is 0 Å². The van der Waals surface area contributed by atoms with E-state index in [2.05, 4.69) is 15.2 Å². The second-order valence-electron chi connectivity index (χ2n) is 2.96. The molecule has 0 atom stereocenters. The highest BCUT2D eigenvalue weighted by Crippen LogP contribution is 1.95. The molecule has 0 saturated carbocycles. The van der Waals surface area contributed by atoms with Gasteiger partial charge < -0.3 is 10.5 Å². The van der Waals surface area contributed by atoms with Crippen LogP contribution in [0.3, 0.4) is 0 Å². The molecule has 78 valence electrons. The molecule has 0 amide bonds. The maximum absolute atomic E-state index is 8.24. The molecule has 6 heteroatoms. The molecule has 0 aromatic carbocycles. The van der Waals surface area contributed by atoms with Crippen LogP contribution in [0.15, 0.2) is 4.99 Å². The third kappa shape index (κ3) is 4.07. The van der Waals surface area contributed by atoms with Crippen molar-refractivity contribution < 1.29 is 4.74 Å². The van der Waals surface area contributed by atoms with Crippen LogP contribution in [0, 0.1) is 11.5 Å². The average molecular weight is 197 g/mol. The number of nitriles is 1. The largest absolute Gasteiger partial charge is 0.379 e. The van der Waals surface area contributed by atoms with Gasteiger partial charge in [0.25, 0.3) is 0 Å². The number of aliphatic imine (C=N–C) groups is 1. The Morgan fingerprint density at radius 2 is 2.29 bits per heavy atom. The van der Waals surface area contributed by atoms with Gasteiger partial charge in [0.05, 0.1) is 19.8 Å². The summed E-state index contributed by atoms with van der Waals surface area (Å²) in [4.78, 5) is 6.24. The van der Waals surface area contributed by atoms with Gasteiger partial charge in [-0.1, -0.05) is 0 Å². The van der Waals surface area contributed by atoms with Crippen molar-refractivity contribution in [1.82, 2.24) is 10.2 Å². The molecule has 0 unspecified atom stereocenters. The van der Waals surface area contributed by atoms with E-state index in [0.29, 0.717) is 6.54 Å². The Morgan fingerprint density at radius 1 is 1.57 bits per heavy atom. The standard InChI is InChI=1S/C8H15N5O/c9-7-12-8(10)11-1-2-13-3-5-14-6-4-13/h1-6H2,(H3,10,11,12). The molecular formula is C8H15N5O. The highest BCUT2D eigenvalue weighted by molar-refractivity contribution is 5.79. The Kier molecular flexibility index (Phi) is 4.75. The summed E-state index contributed by atoms with van der Waals surface area (Å²) in [6.07, 6.45) is 1.72. The van der Waals surface area contributed by atoms with Gasteiger partial charge in [-0.15, -0.1) is 0 Å². The molecule has 1 fully saturated rings. The van der Waals surface area contributed by atoms with Crippen molar-refractivity contribution in [2.75, 3.05) is 39.4 Å². The first kappa shape index (κ1) is 10.8. The molecular weight excluding hydrogens is 182 g/mol. The van der Waals surface area contributed by atoms with E-state index < -0.39 is 0 Å². The fourth-order valence-electron chi connectivity index (χ4n) is 1.23.